The molecule has 2 aliphatic heterocycles. The fraction of sp³-hybridized carbons (Fsp3) is 0.478. The summed E-state index contributed by atoms with van der Waals surface area (Å²) < 4.78 is 28.6. The molecule has 1 aliphatic carbocycles. The third kappa shape index (κ3) is 3.30. The fourth-order valence-corrected chi connectivity index (χ4v) is 6.83. The Morgan fingerprint density at radius 1 is 1.16 bits per heavy atom. The zero-order chi connectivity index (χ0) is 22.6. The molecule has 0 bridgehead atoms. The first-order chi connectivity index (χ1) is 15.3. The minimum atomic E-state index is -3.79. The van der Waals surface area contributed by atoms with Gasteiger partial charge in [-0.25, -0.2) is 8.42 Å². The molecule has 1 aromatic carbocycles. The van der Waals surface area contributed by atoms with E-state index in [0.29, 0.717) is 11.3 Å². The van der Waals surface area contributed by atoms with Crippen molar-refractivity contribution in [2.45, 2.75) is 43.9 Å². The summed E-state index contributed by atoms with van der Waals surface area (Å²) in [5.74, 6) is -1.30. The minimum absolute atomic E-state index is 0.0621. The monoisotopic (exact) mass is 457 g/mol. The van der Waals surface area contributed by atoms with Crippen molar-refractivity contribution in [3.8, 4) is 11.1 Å². The molecule has 0 unspecified atom stereocenters. The van der Waals surface area contributed by atoms with Gasteiger partial charge in [0.2, 0.25) is 15.9 Å². The Balaban J connectivity index is 1.58. The van der Waals surface area contributed by atoms with E-state index in [1.54, 1.807) is 16.7 Å². The quantitative estimate of drug-likeness (QED) is 0.699. The number of nitrogens with one attached hydrogen (secondary N) is 1. The normalized spacial score (nSPS) is 27.6. The standard InChI is InChI=1S/C23H27N3O5S/c1-32(30,31)26-20-17(18(13-27)21(26)22(28)24-15-8-5-9-15)12-25-19(20)11-10-16(23(25)29)14-6-3-2-4-7-14/h2-4,6-7,10-11,15,17-18,20-21,27H,5,8-9,12-13H2,1H3,(H,24,28)/t17-,18-,20+,21-/m0/s1. The number of hydrogen-bond donors (Lipinski definition) is 2. The number of carbonyl (C=O) groups is 1. The number of aliphatic hydroxyl groups is 1. The van der Waals surface area contributed by atoms with Crippen molar-refractivity contribution >= 4 is 15.9 Å². The molecule has 32 heavy (non-hydrogen) atoms. The van der Waals surface area contributed by atoms with Gasteiger partial charge in [-0.2, -0.15) is 4.31 Å². The maximum absolute atomic E-state index is 13.3. The van der Waals surface area contributed by atoms with E-state index >= 15 is 0 Å². The lowest BCUT2D eigenvalue weighted by molar-refractivity contribution is -0.127. The van der Waals surface area contributed by atoms with Gasteiger partial charge in [0.05, 0.1) is 12.3 Å². The molecule has 3 aliphatic rings. The maximum Gasteiger partial charge on any atom is 0.258 e. The van der Waals surface area contributed by atoms with Crippen molar-refractivity contribution in [2.24, 2.45) is 11.8 Å². The van der Waals surface area contributed by atoms with E-state index in [4.69, 9.17) is 0 Å². The number of fused-ring (bicyclic) bond motifs is 3. The van der Waals surface area contributed by atoms with Gasteiger partial charge in [0.15, 0.2) is 0 Å². The van der Waals surface area contributed by atoms with Crippen LogP contribution in [0.3, 0.4) is 0 Å². The molecule has 3 heterocycles. The lowest BCUT2D eigenvalue weighted by atomic mass is 9.87. The topological polar surface area (TPSA) is 109 Å². The third-order valence-electron chi connectivity index (χ3n) is 7.21. The smallest absolute Gasteiger partial charge is 0.258 e. The molecular weight excluding hydrogens is 430 g/mol. The van der Waals surface area contributed by atoms with Crippen molar-refractivity contribution in [3.05, 3.63) is 58.5 Å². The van der Waals surface area contributed by atoms with Crippen LogP contribution in [-0.2, 0) is 21.4 Å². The molecule has 2 fully saturated rings. The summed E-state index contributed by atoms with van der Waals surface area (Å²) in [5.41, 5.74) is 1.72. The predicted octanol–water partition coefficient (Wildman–Crippen LogP) is 1.11. The molecule has 1 aromatic heterocycles. The number of carbonyl (C=O) groups excluding carboxylic acids is 1. The van der Waals surface area contributed by atoms with Crippen LogP contribution in [0.25, 0.3) is 11.1 Å². The van der Waals surface area contributed by atoms with Gasteiger partial charge in [0, 0.05) is 42.3 Å². The molecule has 1 saturated heterocycles. The molecule has 0 spiro atoms. The average molecular weight is 458 g/mol. The van der Waals surface area contributed by atoms with Gasteiger partial charge in [-0.15, -0.1) is 0 Å². The molecule has 2 aromatic rings. The van der Waals surface area contributed by atoms with Crippen LogP contribution in [0, 0.1) is 11.8 Å². The number of aliphatic hydroxyl groups excluding tert-OH is 1. The van der Waals surface area contributed by atoms with Gasteiger partial charge in [-0.3, -0.25) is 9.59 Å². The fourth-order valence-electron chi connectivity index (χ4n) is 5.49. The number of nitrogens with zero attached hydrogens (tertiary/aromatic N) is 2. The summed E-state index contributed by atoms with van der Waals surface area (Å²) in [7, 11) is -3.79. The van der Waals surface area contributed by atoms with Gasteiger partial charge in [0.1, 0.15) is 6.04 Å². The van der Waals surface area contributed by atoms with Crippen LogP contribution >= 0.6 is 0 Å². The zero-order valence-electron chi connectivity index (χ0n) is 17.8. The minimum Gasteiger partial charge on any atom is -0.396 e. The highest BCUT2D eigenvalue weighted by molar-refractivity contribution is 7.88. The van der Waals surface area contributed by atoms with Crippen LogP contribution in [-0.4, -0.2) is 53.3 Å². The van der Waals surface area contributed by atoms with E-state index in [1.165, 1.54) is 4.31 Å². The van der Waals surface area contributed by atoms with Crippen molar-refractivity contribution in [2.75, 3.05) is 12.9 Å². The van der Waals surface area contributed by atoms with Crippen molar-refractivity contribution in [1.82, 2.24) is 14.2 Å². The second kappa shape index (κ2) is 7.83. The van der Waals surface area contributed by atoms with Crippen LogP contribution in [0.4, 0.5) is 0 Å². The first-order valence-corrected chi connectivity index (χ1v) is 12.8. The molecule has 5 rings (SSSR count). The molecule has 2 N–H and O–H groups in total. The SMILES string of the molecule is CS(=O)(=O)N1[C@H](C(=O)NC2CCC2)[C@@H](CO)[C@@H]2Cn3c(ccc(-c4ccccc4)c3=O)[C@@H]21. The highest BCUT2D eigenvalue weighted by atomic mass is 32.2. The lowest BCUT2D eigenvalue weighted by Gasteiger charge is -2.32. The van der Waals surface area contributed by atoms with Gasteiger partial charge in [0.25, 0.3) is 5.56 Å². The van der Waals surface area contributed by atoms with Gasteiger partial charge < -0.3 is 15.0 Å². The van der Waals surface area contributed by atoms with Gasteiger partial charge in [-0.05, 0) is 37.0 Å². The molecule has 170 valence electrons. The van der Waals surface area contributed by atoms with Crippen LogP contribution < -0.4 is 10.9 Å². The summed E-state index contributed by atoms with van der Waals surface area (Å²) in [5, 5.41) is 13.2. The third-order valence-corrected chi connectivity index (χ3v) is 8.43. The number of pyridine rings is 1. The van der Waals surface area contributed by atoms with E-state index in [-0.39, 0.29) is 36.6 Å². The van der Waals surface area contributed by atoms with Crippen molar-refractivity contribution in [1.29, 1.82) is 0 Å². The van der Waals surface area contributed by atoms with Crippen LogP contribution in [0.1, 0.15) is 31.0 Å². The highest BCUT2D eigenvalue weighted by Gasteiger charge is 2.59. The summed E-state index contributed by atoms with van der Waals surface area (Å²) in [6.07, 6.45) is 3.90. The average Bonchev–Trinajstić information content (AvgIpc) is 3.26. The first kappa shape index (κ1) is 21.4. The predicted molar refractivity (Wildman–Crippen MR) is 119 cm³/mol. The van der Waals surface area contributed by atoms with E-state index in [2.05, 4.69) is 5.32 Å². The molecule has 8 nitrogen and oxygen atoms in total. The van der Waals surface area contributed by atoms with Crippen LogP contribution in [0.15, 0.2) is 47.3 Å². The van der Waals surface area contributed by atoms with Crippen LogP contribution in [0.2, 0.25) is 0 Å². The number of sulfonamides is 1. The highest BCUT2D eigenvalue weighted by Crippen LogP contribution is 2.50. The number of benzene rings is 1. The molecule has 9 heteroatoms. The second-order valence-electron chi connectivity index (χ2n) is 9.08. The second-order valence-corrected chi connectivity index (χ2v) is 11.0. The van der Waals surface area contributed by atoms with Gasteiger partial charge >= 0.3 is 0 Å². The van der Waals surface area contributed by atoms with Crippen molar-refractivity contribution in [3.63, 3.8) is 0 Å². The summed E-state index contributed by atoms with van der Waals surface area (Å²) >= 11 is 0. The van der Waals surface area contributed by atoms with Crippen molar-refractivity contribution < 1.29 is 18.3 Å². The summed E-state index contributed by atoms with van der Waals surface area (Å²) in [4.78, 5) is 26.4. The van der Waals surface area contributed by atoms with Gasteiger partial charge in [-0.1, -0.05) is 30.3 Å². The Bertz CT molecular complexity index is 1210. The molecule has 0 radical (unpaired) electrons. The number of rotatable bonds is 5. The Morgan fingerprint density at radius 3 is 2.47 bits per heavy atom. The maximum atomic E-state index is 13.3. The Labute approximate surface area is 186 Å². The molecule has 4 atom stereocenters. The van der Waals surface area contributed by atoms with E-state index in [1.807, 2.05) is 30.3 Å². The first-order valence-electron chi connectivity index (χ1n) is 11.0. The van der Waals surface area contributed by atoms with Crippen LogP contribution in [0.5, 0.6) is 0 Å². The Hall–Kier alpha value is -2.49. The van der Waals surface area contributed by atoms with E-state index in [0.717, 1.165) is 31.1 Å². The summed E-state index contributed by atoms with van der Waals surface area (Å²) in [6, 6.07) is 11.3. The Kier molecular flexibility index (Phi) is 5.22. The lowest BCUT2D eigenvalue weighted by Crippen LogP contribution is -2.53. The number of amides is 1. The molecule has 1 amide bonds. The molecule has 1 saturated carbocycles. The molecular formula is C23H27N3O5S. The number of aromatic nitrogens is 1. The zero-order valence-corrected chi connectivity index (χ0v) is 18.7. The largest absolute Gasteiger partial charge is 0.396 e. The van der Waals surface area contributed by atoms with E-state index in [9.17, 15) is 23.1 Å². The summed E-state index contributed by atoms with van der Waals surface area (Å²) in [6.45, 7) is -0.0613. The Morgan fingerprint density at radius 2 is 1.88 bits per heavy atom. The number of hydrogen-bond acceptors (Lipinski definition) is 5. The van der Waals surface area contributed by atoms with E-state index < -0.39 is 28.0 Å².